The maximum absolute atomic E-state index is 11.6. The summed E-state index contributed by atoms with van der Waals surface area (Å²) in [6.07, 6.45) is 1.53. The SMILES string of the molecule is C=CC(=O)N(C)CC(N[Si](C)(C)C)N[Si](C)(C)C. The van der Waals surface area contributed by atoms with Crippen LogP contribution in [0.15, 0.2) is 12.7 Å². The van der Waals surface area contributed by atoms with Gasteiger partial charge in [-0.25, -0.2) is 0 Å². The van der Waals surface area contributed by atoms with Crippen molar-refractivity contribution < 1.29 is 4.79 Å². The van der Waals surface area contributed by atoms with E-state index in [0.717, 1.165) is 0 Å². The third-order valence-corrected chi connectivity index (χ3v) is 4.65. The van der Waals surface area contributed by atoms with Crippen molar-refractivity contribution in [1.29, 1.82) is 0 Å². The molecule has 0 spiro atoms. The molecule has 0 atom stereocenters. The van der Waals surface area contributed by atoms with Crippen LogP contribution in [0.5, 0.6) is 0 Å². The smallest absolute Gasteiger partial charge is 0.245 e. The van der Waals surface area contributed by atoms with Gasteiger partial charge in [0.05, 0.1) is 6.17 Å². The van der Waals surface area contributed by atoms with E-state index in [4.69, 9.17) is 0 Å². The van der Waals surface area contributed by atoms with Gasteiger partial charge in [-0.05, 0) is 6.08 Å². The summed E-state index contributed by atoms with van der Waals surface area (Å²) >= 11 is 0. The Morgan fingerprint density at radius 2 is 1.56 bits per heavy atom. The molecule has 18 heavy (non-hydrogen) atoms. The van der Waals surface area contributed by atoms with Gasteiger partial charge in [-0.3, -0.25) is 4.79 Å². The summed E-state index contributed by atoms with van der Waals surface area (Å²) < 4.78 is 0. The van der Waals surface area contributed by atoms with Crippen LogP contribution in [-0.2, 0) is 4.79 Å². The number of likely N-dealkylation sites (N-methyl/N-ethyl adjacent to an activating group) is 1. The second kappa shape index (κ2) is 6.65. The van der Waals surface area contributed by atoms with E-state index in [2.05, 4.69) is 55.8 Å². The molecule has 0 aliphatic carbocycles. The largest absolute Gasteiger partial charge is 0.339 e. The molecule has 0 aliphatic rings. The topological polar surface area (TPSA) is 44.4 Å². The maximum atomic E-state index is 11.6. The van der Waals surface area contributed by atoms with Crippen LogP contribution in [-0.4, -0.2) is 47.0 Å². The van der Waals surface area contributed by atoms with Crippen molar-refractivity contribution in [3.8, 4) is 0 Å². The van der Waals surface area contributed by atoms with Crippen molar-refractivity contribution in [3.05, 3.63) is 12.7 Å². The molecule has 0 heterocycles. The molecule has 0 unspecified atom stereocenters. The summed E-state index contributed by atoms with van der Waals surface area (Å²) in [6.45, 7) is 17.8. The zero-order valence-electron chi connectivity index (χ0n) is 12.9. The van der Waals surface area contributed by atoms with E-state index in [1.807, 2.05) is 7.05 Å². The maximum Gasteiger partial charge on any atom is 0.245 e. The van der Waals surface area contributed by atoms with Gasteiger partial charge in [0, 0.05) is 13.6 Å². The molecule has 0 saturated heterocycles. The van der Waals surface area contributed by atoms with E-state index in [1.165, 1.54) is 6.08 Å². The van der Waals surface area contributed by atoms with Gasteiger partial charge in [0.1, 0.15) is 16.5 Å². The summed E-state index contributed by atoms with van der Waals surface area (Å²) in [7, 11) is -0.958. The van der Waals surface area contributed by atoms with Gasteiger partial charge in [-0.2, -0.15) is 0 Å². The molecule has 0 aromatic rings. The van der Waals surface area contributed by atoms with Crippen LogP contribution in [0.25, 0.3) is 0 Å². The van der Waals surface area contributed by atoms with Gasteiger partial charge in [-0.1, -0.05) is 45.9 Å². The van der Waals surface area contributed by atoms with Gasteiger partial charge in [0.15, 0.2) is 0 Å². The second-order valence-electron chi connectivity index (χ2n) is 6.76. The molecule has 0 aliphatic heterocycles. The van der Waals surface area contributed by atoms with Crippen LogP contribution in [0.4, 0.5) is 0 Å². The van der Waals surface area contributed by atoms with Crippen LogP contribution in [0, 0.1) is 0 Å². The monoisotopic (exact) mass is 287 g/mol. The highest BCUT2D eigenvalue weighted by atomic mass is 28.3. The van der Waals surface area contributed by atoms with E-state index in [1.54, 1.807) is 4.90 Å². The molecule has 0 rings (SSSR count). The predicted octanol–water partition coefficient (Wildman–Crippen LogP) is 1.81. The summed E-state index contributed by atoms with van der Waals surface area (Å²) in [6, 6.07) is 0. The lowest BCUT2D eigenvalue weighted by Gasteiger charge is -2.35. The minimum atomic E-state index is -1.39. The van der Waals surface area contributed by atoms with Crippen molar-refractivity contribution in [2.75, 3.05) is 13.6 Å². The number of rotatable bonds is 7. The Morgan fingerprint density at radius 1 is 1.17 bits per heavy atom. The van der Waals surface area contributed by atoms with Crippen LogP contribution in [0.2, 0.25) is 39.3 Å². The van der Waals surface area contributed by atoms with Crippen LogP contribution in [0.1, 0.15) is 0 Å². The molecule has 0 fully saturated rings. The fourth-order valence-corrected chi connectivity index (χ4v) is 4.25. The fraction of sp³-hybridized carbons (Fsp3) is 0.750. The number of amides is 1. The normalized spacial score (nSPS) is 12.7. The molecule has 0 aromatic heterocycles. The van der Waals surface area contributed by atoms with E-state index in [9.17, 15) is 4.79 Å². The van der Waals surface area contributed by atoms with Gasteiger partial charge in [0.25, 0.3) is 0 Å². The first kappa shape index (κ1) is 17.6. The average Bonchev–Trinajstić information content (AvgIpc) is 2.10. The lowest BCUT2D eigenvalue weighted by atomic mass is 10.4. The Kier molecular flexibility index (Phi) is 6.49. The van der Waals surface area contributed by atoms with Crippen LogP contribution >= 0.6 is 0 Å². The summed E-state index contributed by atoms with van der Waals surface area (Å²) in [5.74, 6) is -0.0326. The molecule has 0 saturated carbocycles. The van der Waals surface area contributed by atoms with E-state index in [0.29, 0.717) is 6.54 Å². The first-order valence-corrected chi connectivity index (χ1v) is 13.4. The molecular formula is C12H29N3OSi2. The van der Waals surface area contributed by atoms with Crippen molar-refractivity contribution in [2.24, 2.45) is 0 Å². The number of hydrogen-bond acceptors (Lipinski definition) is 3. The number of carbonyl (C=O) groups is 1. The molecule has 106 valence electrons. The molecular weight excluding hydrogens is 258 g/mol. The zero-order chi connectivity index (χ0) is 14.6. The third kappa shape index (κ3) is 8.62. The lowest BCUT2D eigenvalue weighted by Crippen LogP contribution is -2.63. The third-order valence-electron chi connectivity index (χ3n) is 2.22. The van der Waals surface area contributed by atoms with Crippen molar-refractivity contribution in [3.63, 3.8) is 0 Å². The first-order chi connectivity index (χ1) is 7.94. The Hall–Kier alpha value is -0.436. The van der Waals surface area contributed by atoms with Gasteiger partial charge in [0.2, 0.25) is 5.91 Å². The van der Waals surface area contributed by atoms with E-state index < -0.39 is 16.5 Å². The first-order valence-electron chi connectivity index (χ1n) is 6.37. The predicted molar refractivity (Wildman–Crippen MR) is 84.6 cm³/mol. The molecule has 1 amide bonds. The van der Waals surface area contributed by atoms with Gasteiger partial charge < -0.3 is 14.9 Å². The summed E-state index contributed by atoms with van der Waals surface area (Å²) in [5, 5.41) is 0. The van der Waals surface area contributed by atoms with E-state index in [-0.39, 0.29) is 12.1 Å². The number of nitrogens with zero attached hydrogens (tertiary/aromatic N) is 1. The van der Waals surface area contributed by atoms with Crippen molar-refractivity contribution in [2.45, 2.75) is 45.4 Å². The average molecular weight is 288 g/mol. The molecule has 2 N–H and O–H groups in total. The number of carbonyl (C=O) groups excluding carboxylic acids is 1. The molecule has 0 aromatic carbocycles. The van der Waals surface area contributed by atoms with Crippen molar-refractivity contribution in [1.82, 2.24) is 14.9 Å². The second-order valence-corrected chi connectivity index (χ2v) is 16.3. The Balaban J connectivity index is 4.67. The molecule has 0 radical (unpaired) electrons. The van der Waals surface area contributed by atoms with Crippen molar-refractivity contribution >= 4 is 22.4 Å². The van der Waals surface area contributed by atoms with Gasteiger partial charge in [-0.15, -0.1) is 0 Å². The summed E-state index contributed by atoms with van der Waals surface area (Å²) in [4.78, 5) is 20.6. The zero-order valence-corrected chi connectivity index (χ0v) is 14.9. The quantitative estimate of drug-likeness (QED) is 0.426. The minimum Gasteiger partial charge on any atom is -0.339 e. The van der Waals surface area contributed by atoms with E-state index >= 15 is 0 Å². The highest BCUT2D eigenvalue weighted by Crippen LogP contribution is 2.02. The summed E-state index contributed by atoms with van der Waals surface area (Å²) in [5.41, 5.74) is 0. The minimum absolute atomic E-state index is 0.0326. The van der Waals surface area contributed by atoms with Crippen LogP contribution < -0.4 is 9.96 Å². The highest BCUT2D eigenvalue weighted by Gasteiger charge is 2.25. The van der Waals surface area contributed by atoms with Gasteiger partial charge >= 0.3 is 0 Å². The number of hydrogen-bond donors (Lipinski definition) is 2. The Labute approximate surface area is 114 Å². The molecule has 4 nitrogen and oxygen atoms in total. The Bertz CT molecular complexity index is 279. The standard InChI is InChI=1S/C12H29N3OSi2/c1-9-12(16)15(2)10-11(13-17(3,4)5)14-18(6,7)8/h9,11,13-14H,1,10H2,2-8H3. The highest BCUT2D eigenvalue weighted by molar-refractivity contribution is 6.75. The molecule has 0 bridgehead atoms. The lowest BCUT2D eigenvalue weighted by molar-refractivity contribution is -0.125. The van der Waals surface area contributed by atoms with Crippen LogP contribution in [0.3, 0.4) is 0 Å². The molecule has 6 heteroatoms. The fourth-order valence-electron chi connectivity index (χ4n) is 1.69. The number of nitrogens with one attached hydrogen (secondary N) is 2. The Morgan fingerprint density at radius 3 is 1.83 bits per heavy atom.